The highest BCUT2D eigenvalue weighted by atomic mass is 16.4. The zero-order chi connectivity index (χ0) is 11.5. The molecule has 1 atom stereocenters. The second-order valence-corrected chi connectivity index (χ2v) is 4.88. The van der Waals surface area contributed by atoms with Gasteiger partial charge in [0.25, 0.3) is 0 Å². The molecule has 0 saturated carbocycles. The third kappa shape index (κ3) is 2.92. The summed E-state index contributed by atoms with van der Waals surface area (Å²) in [5.41, 5.74) is -0.730. The van der Waals surface area contributed by atoms with Gasteiger partial charge in [-0.3, -0.25) is 9.69 Å². The number of nitrogens with one attached hydrogen (secondary N) is 1. The minimum atomic E-state index is -0.730. The Labute approximate surface area is 91.6 Å². The molecule has 0 aromatic carbocycles. The van der Waals surface area contributed by atoms with Gasteiger partial charge in [0.2, 0.25) is 0 Å². The van der Waals surface area contributed by atoms with Crippen LogP contribution in [0.25, 0.3) is 0 Å². The van der Waals surface area contributed by atoms with Gasteiger partial charge in [0, 0.05) is 6.54 Å². The smallest absolute Gasteiger partial charge is 0.323 e. The molecule has 0 radical (unpaired) electrons. The van der Waals surface area contributed by atoms with Crippen molar-refractivity contribution in [2.75, 3.05) is 26.7 Å². The Hall–Kier alpha value is -0.610. The SMILES string of the molecule is CNCC1CCCN(C(C)(C)C(=O)O)C1. The van der Waals surface area contributed by atoms with Gasteiger partial charge in [-0.15, -0.1) is 0 Å². The highest BCUT2D eigenvalue weighted by Gasteiger charge is 2.36. The van der Waals surface area contributed by atoms with Crippen LogP contribution < -0.4 is 5.32 Å². The Morgan fingerprint density at radius 1 is 1.60 bits per heavy atom. The number of rotatable bonds is 4. The minimum absolute atomic E-state index is 0.586. The zero-order valence-electron chi connectivity index (χ0n) is 9.92. The molecule has 88 valence electrons. The Bertz CT molecular complexity index is 227. The summed E-state index contributed by atoms with van der Waals surface area (Å²) in [6.07, 6.45) is 2.30. The van der Waals surface area contributed by atoms with E-state index in [2.05, 4.69) is 10.2 Å². The van der Waals surface area contributed by atoms with Crippen LogP contribution in [-0.4, -0.2) is 48.2 Å². The third-order valence-corrected chi connectivity index (χ3v) is 3.33. The first kappa shape index (κ1) is 12.5. The molecule has 1 fully saturated rings. The van der Waals surface area contributed by atoms with E-state index in [0.717, 1.165) is 26.1 Å². The first-order valence-corrected chi connectivity index (χ1v) is 5.61. The molecule has 1 unspecified atom stereocenters. The Morgan fingerprint density at radius 3 is 2.80 bits per heavy atom. The van der Waals surface area contributed by atoms with Crippen molar-refractivity contribution in [3.8, 4) is 0 Å². The van der Waals surface area contributed by atoms with Gasteiger partial charge < -0.3 is 10.4 Å². The largest absolute Gasteiger partial charge is 0.480 e. The van der Waals surface area contributed by atoms with E-state index in [9.17, 15) is 4.79 Å². The fourth-order valence-corrected chi connectivity index (χ4v) is 2.16. The van der Waals surface area contributed by atoms with Crippen molar-refractivity contribution in [1.82, 2.24) is 10.2 Å². The number of likely N-dealkylation sites (tertiary alicyclic amines) is 1. The van der Waals surface area contributed by atoms with Gasteiger partial charge in [0.15, 0.2) is 0 Å². The van der Waals surface area contributed by atoms with E-state index >= 15 is 0 Å². The molecule has 15 heavy (non-hydrogen) atoms. The molecule has 0 aromatic rings. The van der Waals surface area contributed by atoms with Gasteiger partial charge >= 0.3 is 5.97 Å². The summed E-state index contributed by atoms with van der Waals surface area (Å²) in [5.74, 6) is -0.144. The maximum absolute atomic E-state index is 11.1. The molecule has 1 saturated heterocycles. The minimum Gasteiger partial charge on any atom is -0.480 e. The lowest BCUT2D eigenvalue weighted by Gasteiger charge is -2.40. The van der Waals surface area contributed by atoms with Crippen LogP contribution >= 0.6 is 0 Å². The molecule has 1 rings (SSSR count). The van der Waals surface area contributed by atoms with Crippen LogP contribution in [0.2, 0.25) is 0 Å². The lowest BCUT2D eigenvalue weighted by atomic mass is 9.92. The molecule has 1 aliphatic rings. The van der Waals surface area contributed by atoms with Crippen LogP contribution in [0, 0.1) is 5.92 Å². The highest BCUT2D eigenvalue weighted by molar-refractivity contribution is 5.77. The van der Waals surface area contributed by atoms with Crippen LogP contribution in [0.3, 0.4) is 0 Å². The van der Waals surface area contributed by atoms with E-state index < -0.39 is 11.5 Å². The van der Waals surface area contributed by atoms with E-state index in [1.54, 1.807) is 13.8 Å². The van der Waals surface area contributed by atoms with Crippen LogP contribution in [0.15, 0.2) is 0 Å². The molecule has 0 spiro atoms. The number of carbonyl (C=O) groups is 1. The van der Waals surface area contributed by atoms with Crippen LogP contribution in [0.1, 0.15) is 26.7 Å². The van der Waals surface area contributed by atoms with Crippen molar-refractivity contribution < 1.29 is 9.90 Å². The Balaban J connectivity index is 2.59. The van der Waals surface area contributed by atoms with Gasteiger partial charge in [0.05, 0.1) is 0 Å². The molecule has 4 nitrogen and oxygen atoms in total. The summed E-state index contributed by atoms with van der Waals surface area (Å²) >= 11 is 0. The number of hydrogen-bond donors (Lipinski definition) is 2. The molecule has 1 heterocycles. The molecule has 2 N–H and O–H groups in total. The standard InChI is InChI=1S/C11H22N2O2/c1-11(2,10(14)15)13-6-4-5-9(8-13)7-12-3/h9,12H,4-8H2,1-3H3,(H,14,15). The molecule has 0 amide bonds. The molecule has 0 bridgehead atoms. The number of hydrogen-bond acceptors (Lipinski definition) is 3. The van der Waals surface area contributed by atoms with E-state index in [-0.39, 0.29) is 0 Å². The maximum Gasteiger partial charge on any atom is 0.323 e. The van der Waals surface area contributed by atoms with Crippen molar-refractivity contribution in [3.05, 3.63) is 0 Å². The Kier molecular flexibility index (Phi) is 4.11. The quantitative estimate of drug-likeness (QED) is 0.726. The number of nitrogens with zero attached hydrogens (tertiary/aromatic N) is 1. The van der Waals surface area contributed by atoms with Gasteiger partial charge in [-0.2, -0.15) is 0 Å². The number of carboxylic acid groups (broad SMARTS) is 1. The average Bonchev–Trinajstić information content (AvgIpc) is 2.18. The molecule has 4 heteroatoms. The van der Waals surface area contributed by atoms with Crippen molar-refractivity contribution in [3.63, 3.8) is 0 Å². The summed E-state index contributed by atoms with van der Waals surface area (Å²) in [6.45, 7) is 6.35. The maximum atomic E-state index is 11.1. The fraction of sp³-hybridized carbons (Fsp3) is 0.909. The van der Waals surface area contributed by atoms with Gasteiger partial charge in [0.1, 0.15) is 5.54 Å². The Morgan fingerprint density at radius 2 is 2.27 bits per heavy atom. The highest BCUT2D eigenvalue weighted by Crippen LogP contribution is 2.23. The summed E-state index contributed by atoms with van der Waals surface area (Å²) in [7, 11) is 1.95. The topological polar surface area (TPSA) is 52.6 Å². The molecule has 0 aromatic heterocycles. The molecule has 0 aliphatic carbocycles. The predicted octanol–water partition coefficient (Wildman–Crippen LogP) is 0.781. The second-order valence-electron chi connectivity index (χ2n) is 4.88. The summed E-state index contributed by atoms with van der Waals surface area (Å²) in [5, 5.41) is 12.3. The number of piperidine rings is 1. The fourth-order valence-electron chi connectivity index (χ4n) is 2.16. The molecular formula is C11H22N2O2. The number of carboxylic acids is 1. The van der Waals surface area contributed by atoms with Crippen LogP contribution in [-0.2, 0) is 4.79 Å². The van der Waals surface area contributed by atoms with E-state index in [4.69, 9.17) is 5.11 Å². The van der Waals surface area contributed by atoms with Crippen molar-refractivity contribution in [1.29, 1.82) is 0 Å². The van der Waals surface area contributed by atoms with Gasteiger partial charge in [-0.05, 0) is 52.7 Å². The van der Waals surface area contributed by atoms with Gasteiger partial charge in [-0.1, -0.05) is 0 Å². The van der Waals surface area contributed by atoms with Crippen LogP contribution in [0.4, 0.5) is 0 Å². The van der Waals surface area contributed by atoms with Crippen LogP contribution in [0.5, 0.6) is 0 Å². The third-order valence-electron chi connectivity index (χ3n) is 3.33. The van der Waals surface area contributed by atoms with E-state index in [0.29, 0.717) is 5.92 Å². The first-order valence-electron chi connectivity index (χ1n) is 5.61. The van der Waals surface area contributed by atoms with Crippen molar-refractivity contribution in [2.45, 2.75) is 32.2 Å². The monoisotopic (exact) mass is 214 g/mol. The van der Waals surface area contributed by atoms with Crippen molar-refractivity contribution in [2.24, 2.45) is 5.92 Å². The van der Waals surface area contributed by atoms with E-state index in [1.807, 2.05) is 7.05 Å². The average molecular weight is 214 g/mol. The van der Waals surface area contributed by atoms with Crippen molar-refractivity contribution >= 4 is 5.97 Å². The number of aliphatic carboxylic acids is 1. The second kappa shape index (κ2) is 4.94. The predicted molar refractivity (Wildman–Crippen MR) is 59.9 cm³/mol. The summed E-state index contributed by atoms with van der Waals surface area (Å²) < 4.78 is 0. The molecule has 1 aliphatic heterocycles. The normalized spacial score (nSPS) is 24.1. The van der Waals surface area contributed by atoms with Gasteiger partial charge in [-0.25, -0.2) is 0 Å². The zero-order valence-corrected chi connectivity index (χ0v) is 9.92. The first-order chi connectivity index (χ1) is 6.98. The summed E-state index contributed by atoms with van der Waals surface area (Å²) in [6, 6.07) is 0. The summed E-state index contributed by atoms with van der Waals surface area (Å²) in [4.78, 5) is 13.2. The lowest BCUT2D eigenvalue weighted by Crippen LogP contribution is -2.54. The van der Waals surface area contributed by atoms with E-state index in [1.165, 1.54) is 6.42 Å². The molecular weight excluding hydrogens is 192 g/mol. The lowest BCUT2D eigenvalue weighted by molar-refractivity contribution is -0.150.